The number of hydrogen-bond donors (Lipinski definition) is 0. The van der Waals surface area contributed by atoms with Crippen LogP contribution in [0.1, 0.15) is 77.9 Å². The molecule has 0 spiro atoms. The zero-order chi connectivity index (χ0) is 51.2. The molecule has 0 N–H and O–H groups in total. The van der Waals surface area contributed by atoms with Crippen LogP contribution in [0.2, 0.25) is 0 Å². The lowest BCUT2D eigenvalue weighted by molar-refractivity contribution is -0.813. The van der Waals surface area contributed by atoms with Gasteiger partial charge in [0.1, 0.15) is 47.5 Å². The van der Waals surface area contributed by atoms with Crippen LogP contribution in [0.15, 0.2) is 171 Å². The Kier molecular flexibility index (Phi) is 13.2. The fourth-order valence-electron chi connectivity index (χ4n) is 12.3. The predicted octanol–water partition coefficient (Wildman–Crippen LogP) is 13.3. The van der Waals surface area contributed by atoms with Crippen molar-refractivity contribution < 1.29 is 13.8 Å². The van der Waals surface area contributed by atoms with Crippen LogP contribution >= 0.6 is 0 Å². The van der Waals surface area contributed by atoms with E-state index >= 15 is 0 Å². The quantitative estimate of drug-likeness (QED) is 0.129. The molecular weight excluding hydrogens is 901 g/mol. The summed E-state index contributed by atoms with van der Waals surface area (Å²) in [6, 6.07) is 53.2. The summed E-state index contributed by atoms with van der Waals surface area (Å²) in [5, 5.41) is 0. The van der Waals surface area contributed by atoms with Crippen LogP contribution in [0.4, 0.5) is 0 Å². The molecule has 10 aromatic rings. The highest BCUT2D eigenvalue weighted by atomic mass is 15.4. The summed E-state index contributed by atoms with van der Waals surface area (Å²) < 4.78 is 14.6. The molecule has 0 unspecified atom stereocenters. The van der Waals surface area contributed by atoms with E-state index in [9.17, 15) is 0 Å². The Balaban J connectivity index is 1.06. The first-order valence-corrected chi connectivity index (χ1v) is 26.8. The number of aryl methyl sites for hydroxylation is 17. The first-order valence-electron chi connectivity index (χ1n) is 26.8. The van der Waals surface area contributed by atoms with Crippen molar-refractivity contribution in [3.05, 3.63) is 248 Å². The van der Waals surface area contributed by atoms with E-state index in [0.717, 1.165) is 51.6 Å². The van der Waals surface area contributed by atoms with Crippen molar-refractivity contribution in [1.29, 1.82) is 0 Å². The summed E-state index contributed by atoms with van der Waals surface area (Å²) in [5.74, 6) is 2.41. The molecule has 0 radical (unpaired) electrons. The summed E-state index contributed by atoms with van der Waals surface area (Å²) in [4.78, 5) is 0. The van der Waals surface area contributed by atoms with Crippen LogP contribution in [0.25, 0.3) is 51.1 Å². The molecule has 1 aliphatic rings. The highest BCUT2D eigenvalue weighted by molar-refractivity contribution is 5.70. The van der Waals surface area contributed by atoms with Gasteiger partial charge in [-0.05, 0) is 184 Å². The molecule has 7 aromatic carbocycles. The number of nitrogens with zero attached hydrogens (tertiary/aromatic N) is 6. The van der Waals surface area contributed by atoms with Crippen LogP contribution in [0.5, 0.6) is 0 Å². The van der Waals surface area contributed by atoms with Crippen LogP contribution in [-0.4, -0.2) is 13.8 Å². The van der Waals surface area contributed by atoms with Crippen LogP contribution in [0, 0.1) is 55.4 Å². The van der Waals surface area contributed by atoms with E-state index in [0.29, 0.717) is 0 Å². The number of aromatic nitrogens is 6. The normalized spacial score (nSPS) is 12.7. The summed E-state index contributed by atoms with van der Waals surface area (Å²) in [6.07, 6.45) is 17.2. The van der Waals surface area contributed by atoms with E-state index in [1.54, 1.807) is 0 Å². The Labute approximate surface area is 439 Å². The maximum absolute atomic E-state index is 2.55. The van der Waals surface area contributed by atoms with Gasteiger partial charge in [0.05, 0.1) is 18.2 Å². The average Bonchev–Trinajstić information content (AvgIpc) is 4.10. The Morgan fingerprint density at radius 3 is 1.50 bits per heavy atom. The van der Waals surface area contributed by atoms with E-state index in [1.807, 2.05) is 0 Å². The van der Waals surface area contributed by atoms with E-state index in [1.165, 1.54) is 129 Å². The SMILES string of the molecule is Cc1cc(C)c(-c2cc[n+](CC[n+]3ccn(-c4c(C)cccc4C)c3-c3ccc4cc3CCc3cc(ccc3-c3n(-c5c(C)cccc5C)cc[n+]3C)CCc3cccc(c3)CC4)n2-c2ccccc2C)c(C)c1. The standard InChI is InChI=1S/C68H71N6/c1-46-41-52(7)64(53(8)42-46)63-33-34-71(74(63)62-22-11-10-15-47(62)2)38-36-70-37-40-73(66-50(5)18-13-19-51(66)6)68(70)61-32-28-57-26-24-55-21-14-20-54(43-55)23-25-56-27-31-60(58(44-56)29-30-59(61)45-57)67-69(9)35-39-72(67)65-48(3)16-12-17-49(65)4/h10-22,27-28,31-35,37,39-45H,23-26,29-30,36,38H2,1-9H3/q+3. The molecule has 0 atom stereocenters. The fourth-order valence-corrected chi connectivity index (χ4v) is 12.3. The van der Waals surface area contributed by atoms with Gasteiger partial charge in [0, 0.05) is 11.6 Å². The first-order chi connectivity index (χ1) is 35.9. The number of fused-ring (bicyclic) bond motifs is 6. The topological polar surface area (TPSA) is 26.4 Å². The Morgan fingerprint density at radius 1 is 0.419 bits per heavy atom. The highest BCUT2D eigenvalue weighted by Gasteiger charge is 2.30. The second kappa shape index (κ2) is 20.2. The molecule has 3 heterocycles. The first kappa shape index (κ1) is 48.4. The van der Waals surface area contributed by atoms with Gasteiger partial charge >= 0.3 is 0 Å². The molecule has 6 nitrogen and oxygen atoms in total. The molecule has 0 aliphatic heterocycles. The molecular formula is C68H71N6+3. The van der Waals surface area contributed by atoms with E-state index < -0.39 is 0 Å². The van der Waals surface area contributed by atoms with Crippen LogP contribution in [-0.2, 0) is 58.7 Å². The van der Waals surface area contributed by atoms with Gasteiger partial charge in [0.15, 0.2) is 12.7 Å². The number of imidazole rings is 2. The van der Waals surface area contributed by atoms with Crippen LogP contribution in [0.3, 0.4) is 0 Å². The van der Waals surface area contributed by atoms with E-state index in [-0.39, 0.29) is 0 Å². The number of para-hydroxylation sites is 3. The molecule has 3 aromatic heterocycles. The smallest absolute Gasteiger partial charge is 0.232 e. The van der Waals surface area contributed by atoms with Crippen LogP contribution < -0.4 is 13.8 Å². The molecule has 0 fully saturated rings. The zero-order valence-corrected chi connectivity index (χ0v) is 45.0. The predicted molar refractivity (Wildman–Crippen MR) is 302 cm³/mol. The molecule has 11 rings (SSSR count). The summed E-state index contributed by atoms with van der Waals surface area (Å²) in [7, 11) is 2.20. The second-order valence-corrected chi connectivity index (χ2v) is 21.3. The van der Waals surface area contributed by atoms with Gasteiger partial charge in [-0.3, -0.25) is 0 Å². The minimum absolute atomic E-state index is 0.770. The van der Waals surface area contributed by atoms with Gasteiger partial charge in [0.25, 0.3) is 11.6 Å². The average molecular weight is 972 g/mol. The fraction of sp³-hybridized carbons (Fsp3) is 0.250. The Morgan fingerprint density at radius 2 is 0.919 bits per heavy atom. The largest absolute Gasteiger partial charge is 0.294 e. The molecule has 6 heteroatoms. The van der Waals surface area contributed by atoms with Gasteiger partial charge < -0.3 is 0 Å². The summed E-state index contributed by atoms with van der Waals surface area (Å²) in [5.41, 5.74) is 27.3. The molecule has 0 saturated carbocycles. The third-order valence-electron chi connectivity index (χ3n) is 15.9. The van der Waals surface area contributed by atoms with Crippen molar-refractivity contribution >= 4 is 0 Å². The molecule has 0 saturated heterocycles. The lowest BCUT2D eigenvalue weighted by atomic mass is 9.92. The van der Waals surface area contributed by atoms with E-state index in [2.05, 4.69) is 261 Å². The van der Waals surface area contributed by atoms with Gasteiger partial charge in [-0.25, -0.2) is 9.13 Å². The summed E-state index contributed by atoms with van der Waals surface area (Å²) in [6.45, 7) is 19.5. The maximum Gasteiger partial charge on any atom is 0.294 e. The molecule has 6 bridgehead atoms. The molecule has 74 heavy (non-hydrogen) atoms. The van der Waals surface area contributed by atoms with Gasteiger partial charge in [0.2, 0.25) is 6.54 Å². The monoisotopic (exact) mass is 972 g/mol. The highest BCUT2D eigenvalue weighted by Crippen LogP contribution is 2.34. The van der Waals surface area contributed by atoms with E-state index in [4.69, 9.17) is 0 Å². The third kappa shape index (κ3) is 9.27. The van der Waals surface area contributed by atoms with Gasteiger partial charge in [-0.2, -0.15) is 9.13 Å². The Bertz CT molecular complexity index is 3680. The van der Waals surface area contributed by atoms with Crippen molar-refractivity contribution in [3.63, 3.8) is 0 Å². The zero-order valence-electron chi connectivity index (χ0n) is 45.0. The minimum Gasteiger partial charge on any atom is -0.232 e. The van der Waals surface area contributed by atoms with Crippen molar-refractivity contribution in [3.8, 4) is 51.1 Å². The second-order valence-electron chi connectivity index (χ2n) is 21.3. The molecule has 370 valence electrons. The van der Waals surface area contributed by atoms with Gasteiger partial charge in [-0.1, -0.05) is 121 Å². The molecule has 1 aliphatic carbocycles. The lowest BCUT2D eigenvalue weighted by Crippen LogP contribution is -2.49. The van der Waals surface area contributed by atoms with Gasteiger partial charge in [-0.15, -0.1) is 9.36 Å². The maximum atomic E-state index is 2.55. The molecule has 0 amide bonds. The summed E-state index contributed by atoms with van der Waals surface area (Å²) >= 11 is 0. The number of benzene rings is 7. The van der Waals surface area contributed by atoms with Crippen molar-refractivity contribution in [1.82, 2.24) is 13.8 Å². The van der Waals surface area contributed by atoms with Crippen molar-refractivity contribution in [2.75, 3.05) is 0 Å². The number of hydrogen-bond acceptors (Lipinski definition) is 0. The Hall–Kier alpha value is -7.83. The van der Waals surface area contributed by atoms with Crippen molar-refractivity contribution in [2.45, 2.75) is 107 Å². The number of rotatable bonds is 9. The minimum atomic E-state index is 0.770. The van der Waals surface area contributed by atoms with Crippen molar-refractivity contribution in [2.24, 2.45) is 7.05 Å². The third-order valence-corrected chi connectivity index (χ3v) is 15.9. The lowest BCUT2D eigenvalue weighted by Gasteiger charge is -2.16.